The van der Waals surface area contributed by atoms with Crippen molar-refractivity contribution in [3.05, 3.63) is 39.2 Å². The first-order chi connectivity index (χ1) is 10.2. The van der Waals surface area contributed by atoms with Crippen molar-refractivity contribution in [2.45, 2.75) is 6.42 Å². The molecule has 7 heteroatoms. The lowest BCUT2D eigenvalue weighted by atomic mass is 10.1. The van der Waals surface area contributed by atoms with Crippen LogP contribution < -0.4 is 10.6 Å². The number of thiophene rings is 1. The van der Waals surface area contributed by atoms with E-state index in [9.17, 15) is 4.79 Å². The van der Waals surface area contributed by atoms with Crippen LogP contribution in [0.5, 0.6) is 0 Å². The molecule has 3 rings (SSSR count). The number of amides is 1. The lowest BCUT2D eigenvalue weighted by Gasteiger charge is -2.14. The number of aromatic nitrogens is 1. The van der Waals surface area contributed by atoms with Gasteiger partial charge < -0.3 is 10.6 Å². The van der Waals surface area contributed by atoms with Gasteiger partial charge in [0, 0.05) is 18.5 Å². The van der Waals surface area contributed by atoms with Gasteiger partial charge in [0.2, 0.25) is 0 Å². The number of carbonyl (C=O) groups excluding carboxylic acids is 1. The highest BCUT2D eigenvalue weighted by molar-refractivity contribution is 7.23. The van der Waals surface area contributed by atoms with Gasteiger partial charge in [-0.3, -0.25) is 4.79 Å². The Balaban J connectivity index is 1.62. The molecule has 0 saturated heterocycles. The van der Waals surface area contributed by atoms with Gasteiger partial charge in [-0.15, -0.1) is 22.7 Å². The van der Waals surface area contributed by atoms with Gasteiger partial charge >= 0.3 is 0 Å². The molecule has 110 valence electrons. The Labute approximate surface area is 135 Å². The van der Waals surface area contributed by atoms with Crippen molar-refractivity contribution in [2.75, 3.05) is 19.6 Å². The van der Waals surface area contributed by atoms with E-state index >= 15 is 0 Å². The van der Waals surface area contributed by atoms with Crippen LogP contribution >= 0.6 is 34.3 Å². The summed E-state index contributed by atoms with van der Waals surface area (Å²) in [5.41, 5.74) is 1.73. The van der Waals surface area contributed by atoms with E-state index in [0.717, 1.165) is 33.7 Å². The monoisotopic (exact) mass is 339 g/mol. The summed E-state index contributed by atoms with van der Waals surface area (Å²) in [6.07, 6.45) is 3.11. The number of thiazole rings is 1. The minimum Gasteiger partial charge on any atom is -0.347 e. The second-order valence-corrected chi connectivity index (χ2v) is 7.21. The van der Waals surface area contributed by atoms with E-state index in [0.29, 0.717) is 12.2 Å². The molecular weight excluding hydrogens is 326 g/mol. The average Bonchev–Trinajstić information content (AvgIpc) is 3.14. The molecule has 0 aromatic carbocycles. The van der Waals surface area contributed by atoms with Crippen molar-refractivity contribution in [3.8, 4) is 9.88 Å². The molecule has 0 bridgehead atoms. The predicted octanol–water partition coefficient (Wildman–Crippen LogP) is 3.17. The molecule has 0 spiro atoms. The van der Waals surface area contributed by atoms with E-state index in [1.807, 2.05) is 12.1 Å². The Morgan fingerprint density at radius 2 is 2.38 bits per heavy atom. The first kappa shape index (κ1) is 14.7. The fourth-order valence-electron chi connectivity index (χ4n) is 2.03. The van der Waals surface area contributed by atoms with Crippen LogP contribution in [0.15, 0.2) is 29.2 Å². The summed E-state index contributed by atoms with van der Waals surface area (Å²) in [6.45, 7) is 2.45. The Bertz CT molecular complexity index is 677. The maximum absolute atomic E-state index is 12.1. The third-order valence-corrected chi connectivity index (χ3v) is 5.40. The molecule has 0 atom stereocenters. The highest BCUT2D eigenvalue weighted by atomic mass is 35.5. The van der Waals surface area contributed by atoms with Crippen LogP contribution in [0, 0.1) is 0 Å². The molecule has 3 heterocycles. The maximum Gasteiger partial charge on any atom is 0.271 e. The average molecular weight is 340 g/mol. The van der Waals surface area contributed by atoms with Crippen molar-refractivity contribution < 1.29 is 4.79 Å². The number of nitrogens with zero attached hydrogens (tertiary/aromatic N) is 1. The molecule has 1 aliphatic rings. The van der Waals surface area contributed by atoms with Crippen LogP contribution in [-0.2, 0) is 0 Å². The Morgan fingerprint density at radius 1 is 1.48 bits per heavy atom. The number of hydrogen-bond donors (Lipinski definition) is 2. The Kier molecular flexibility index (Phi) is 4.70. The SMILES string of the molecule is O=C(NCC1=CCNCC1)c1csc(-c2ccc(Cl)s2)n1. The Morgan fingerprint density at radius 3 is 3.10 bits per heavy atom. The zero-order valence-corrected chi connectivity index (χ0v) is 13.6. The molecule has 2 N–H and O–H groups in total. The normalized spacial score (nSPS) is 14.8. The first-order valence-electron chi connectivity index (χ1n) is 6.60. The lowest BCUT2D eigenvalue weighted by Crippen LogP contribution is -2.29. The zero-order chi connectivity index (χ0) is 14.7. The molecule has 2 aromatic rings. The van der Waals surface area contributed by atoms with Gasteiger partial charge in [-0.05, 0) is 25.1 Å². The van der Waals surface area contributed by atoms with Gasteiger partial charge in [0.05, 0.1) is 9.21 Å². The van der Waals surface area contributed by atoms with Crippen molar-refractivity contribution in [2.24, 2.45) is 0 Å². The smallest absolute Gasteiger partial charge is 0.271 e. The van der Waals surface area contributed by atoms with Crippen LogP contribution in [0.4, 0.5) is 0 Å². The topological polar surface area (TPSA) is 54.0 Å². The third-order valence-electron chi connectivity index (χ3n) is 3.15. The highest BCUT2D eigenvalue weighted by Crippen LogP contribution is 2.32. The number of carbonyl (C=O) groups is 1. The summed E-state index contributed by atoms with van der Waals surface area (Å²) in [4.78, 5) is 17.5. The highest BCUT2D eigenvalue weighted by Gasteiger charge is 2.13. The van der Waals surface area contributed by atoms with Gasteiger partial charge in [0.1, 0.15) is 10.7 Å². The fraction of sp³-hybridized carbons (Fsp3) is 0.286. The van der Waals surface area contributed by atoms with E-state index < -0.39 is 0 Å². The van der Waals surface area contributed by atoms with Gasteiger partial charge in [0.15, 0.2) is 0 Å². The van der Waals surface area contributed by atoms with Crippen molar-refractivity contribution in [1.82, 2.24) is 15.6 Å². The van der Waals surface area contributed by atoms with Crippen molar-refractivity contribution in [1.29, 1.82) is 0 Å². The quantitative estimate of drug-likeness (QED) is 0.841. The van der Waals surface area contributed by atoms with Crippen LogP contribution in [0.2, 0.25) is 4.34 Å². The number of halogens is 1. The predicted molar refractivity (Wildman–Crippen MR) is 88.3 cm³/mol. The minimum atomic E-state index is -0.125. The fourth-order valence-corrected chi connectivity index (χ4v) is 3.95. The lowest BCUT2D eigenvalue weighted by molar-refractivity contribution is 0.0952. The van der Waals surface area contributed by atoms with Crippen LogP contribution in [0.1, 0.15) is 16.9 Å². The maximum atomic E-state index is 12.1. The van der Waals surface area contributed by atoms with Gasteiger partial charge in [-0.25, -0.2) is 4.98 Å². The minimum absolute atomic E-state index is 0.125. The molecule has 21 heavy (non-hydrogen) atoms. The molecule has 0 unspecified atom stereocenters. The summed E-state index contributed by atoms with van der Waals surface area (Å²) in [6, 6.07) is 3.76. The summed E-state index contributed by atoms with van der Waals surface area (Å²) in [5, 5.41) is 8.79. The standard InChI is InChI=1S/C14H14ClN3OS2/c15-12-2-1-11(21-12)14-18-10(8-20-14)13(19)17-7-9-3-5-16-6-4-9/h1-3,8,16H,4-7H2,(H,17,19). The van der Waals surface area contributed by atoms with E-state index in [1.165, 1.54) is 28.2 Å². The molecule has 1 aliphatic heterocycles. The second-order valence-electron chi connectivity index (χ2n) is 4.64. The van der Waals surface area contributed by atoms with Crippen LogP contribution in [-0.4, -0.2) is 30.5 Å². The number of rotatable bonds is 4. The van der Waals surface area contributed by atoms with Crippen molar-refractivity contribution >= 4 is 40.2 Å². The van der Waals surface area contributed by atoms with Crippen LogP contribution in [0.3, 0.4) is 0 Å². The summed E-state index contributed by atoms with van der Waals surface area (Å²) in [5.74, 6) is -0.125. The van der Waals surface area contributed by atoms with E-state index in [1.54, 1.807) is 5.38 Å². The van der Waals surface area contributed by atoms with Gasteiger partial charge in [0.25, 0.3) is 5.91 Å². The largest absolute Gasteiger partial charge is 0.347 e. The van der Waals surface area contributed by atoms with E-state index in [2.05, 4.69) is 21.7 Å². The molecule has 4 nitrogen and oxygen atoms in total. The van der Waals surface area contributed by atoms with E-state index in [4.69, 9.17) is 11.6 Å². The van der Waals surface area contributed by atoms with Crippen LogP contribution in [0.25, 0.3) is 9.88 Å². The molecule has 0 saturated carbocycles. The number of hydrogen-bond acceptors (Lipinski definition) is 5. The summed E-state index contributed by atoms with van der Waals surface area (Å²) in [7, 11) is 0. The first-order valence-corrected chi connectivity index (χ1v) is 8.68. The molecule has 2 aromatic heterocycles. The summed E-state index contributed by atoms with van der Waals surface area (Å²) < 4.78 is 0.726. The van der Waals surface area contributed by atoms with E-state index in [-0.39, 0.29) is 5.91 Å². The van der Waals surface area contributed by atoms with Gasteiger partial charge in [-0.2, -0.15) is 0 Å². The molecule has 0 aliphatic carbocycles. The summed E-state index contributed by atoms with van der Waals surface area (Å²) >= 11 is 8.85. The number of nitrogens with one attached hydrogen (secondary N) is 2. The van der Waals surface area contributed by atoms with Gasteiger partial charge in [-0.1, -0.05) is 23.3 Å². The second kappa shape index (κ2) is 6.70. The molecular formula is C14H14ClN3OS2. The molecule has 1 amide bonds. The molecule has 0 radical (unpaired) electrons. The zero-order valence-electron chi connectivity index (χ0n) is 11.2. The third kappa shape index (κ3) is 3.71. The van der Waals surface area contributed by atoms with Crippen molar-refractivity contribution in [3.63, 3.8) is 0 Å². The molecule has 0 fully saturated rings. The Hall–Kier alpha value is -1.21.